The topological polar surface area (TPSA) is 18.5 Å². The molecule has 0 aliphatic carbocycles. The van der Waals surface area contributed by atoms with Crippen LogP contribution < -0.4 is 0 Å². The highest BCUT2D eigenvalue weighted by atomic mass is 16.5. The minimum absolute atomic E-state index is 0.132. The molecule has 0 aliphatic rings. The van der Waals surface area contributed by atoms with Crippen LogP contribution in [0, 0.1) is 11.8 Å². The highest BCUT2D eigenvalue weighted by Gasteiger charge is 2.23. The van der Waals surface area contributed by atoms with Gasteiger partial charge in [0.25, 0.3) is 0 Å². The lowest BCUT2D eigenvalue weighted by Crippen LogP contribution is -2.31. The Balaban J connectivity index is 1.89. The first-order chi connectivity index (χ1) is 12.2. The Hall–Kier alpha value is -1.90. The Kier molecular flexibility index (Phi) is 8.44. The van der Waals surface area contributed by atoms with Gasteiger partial charge in [0, 0.05) is 11.8 Å². The van der Waals surface area contributed by atoms with Crippen molar-refractivity contribution in [2.24, 2.45) is 11.8 Å². The summed E-state index contributed by atoms with van der Waals surface area (Å²) >= 11 is 0. The Bertz CT molecular complexity index is 607. The molecule has 0 aromatic heterocycles. The van der Waals surface area contributed by atoms with Crippen LogP contribution in [0.3, 0.4) is 0 Å². The molecule has 0 fully saturated rings. The summed E-state index contributed by atoms with van der Waals surface area (Å²) in [6.45, 7) is 8.45. The van der Waals surface area contributed by atoms with E-state index in [0.29, 0.717) is 31.7 Å². The van der Waals surface area contributed by atoms with E-state index in [1.807, 2.05) is 24.3 Å². The monoisotopic (exact) mass is 338 g/mol. The second-order valence-electron chi connectivity index (χ2n) is 6.62. The Labute approximate surface area is 152 Å². The average Bonchev–Trinajstić information content (AvgIpc) is 2.64. The molecule has 2 rings (SSSR count). The minimum Gasteiger partial charge on any atom is -0.376 e. The number of rotatable bonds is 10. The molecule has 0 radical (unpaired) electrons. The van der Waals surface area contributed by atoms with Crippen molar-refractivity contribution in [3.63, 3.8) is 0 Å². The molecular formula is C23H30O2. The van der Waals surface area contributed by atoms with Crippen molar-refractivity contribution in [1.29, 1.82) is 0 Å². The number of ether oxygens (including phenoxy) is 2. The molecule has 0 spiro atoms. The van der Waals surface area contributed by atoms with E-state index >= 15 is 0 Å². The standard InChI is InChI=1S/C23H30O2/c1-4-11-19(2)23(25-18-22-14-9-6-10-15-22)20(3)16-24-17-21-12-7-5-8-13-21/h4-15,19-20,23H,16-18H2,1-3H3/b11-4-/t19-,20+,23?/m0/s1. The summed E-state index contributed by atoms with van der Waals surface area (Å²) in [7, 11) is 0. The van der Waals surface area contributed by atoms with E-state index in [1.54, 1.807) is 0 Å². The molecule has 134 valence electrons. The van der Waals surface area contributed by atoms with Crippen LogP contribution in [0.4, 0.5) is 0 Å². The van der Waals surface area contributed by atoms with Gasteiger partial charge in [-0.25, -0.2) is 0 Å². The number of benzene rings is 2. The fourth-order valence-corrected chi connectivity index (χ4v) is 3.05. The third-order valence-corrected chi connectivity index (χ3v) is 4.35. The van der Waals surface area contributed by atoms with Crippen LogP contribution in [0.15, 0.2) is 72.8 Å². The van der Waals surface area contributed by atoms with Crippen LogP contribution in [0.5, 0.6) is 0 Å². The normalized spacial score (nSPS) is 15.2. The van der Waals surface area contributed by atoms with Gasteiger partial charge in [0.15, 0.2) is 0 Å². The third kappa shape index (κ3) is 6.85. The van der Waals surface area contributed by atoms with E-state index < -0.39 is 0 Å². The minimum atomic E-state index is 0.132. The molecule has 0 saturated carbocycles. The van der Waals surface area contributed by atoms with Gasteiger partial charge in [0.1, 0.15) is 0 Å². The van der Waals surface area contributed by atoms with E-state index in [0.717, 1.165) is 0 Å². The highest BCUT2D eigenvalue weighted by Crippen LogP contribution is 2.21. The third-order valence-electron chi connectivity index (χ3n) is 4.35. The molecule has 3 atom stereocenters. The molecule has 2 aromatic carbocycles. The van der Waals surface area contributed by atoms with Gasteiger partial charge in [0.05, 0.1) is 25.9 Å². The highest BCUT2D eigenvalue weighted by molar-refractivity contribution is 5.14. The fourth-order valence-electron chi connectivity index (χ4n) is 3.05. The van der Waals surface area contributed by atoms with Crippen molar-refractivity contribution in [2.75, 3.05) is 6.61 Å². The smallest absolute Gasteiger partial charge is 0.0721 e. The Morgan fingerprint density at radius 3 is 1.96 bits per heavy atom. The molecule has 1 unspecified atom stereocenters. The summed E-state index contributed by atoms with van der Waals surface area (Å²) < 4.78 is 12.2. The SMILES string of the molecule is C/C=C\[C@H](C)C(OCc1ccccc1)[C@H](C)COCc1ccccc1. The molecular weight excluding hydrogens is 308 g/mol. The van der Waals surface area contributed by atoms with Gasteiger partial charge in [0.2, 0.25) is 0 Å². The first-order valence-corrected chi connectivity index (χ1v) is 9.10. The molecule has 0 amide bonds. The van der Waals surface area contributed by atoms with Crippen LogP contribution in [-0.4, -0.2) is 12.7 Å². The lowest BCUT2D eigenvalue weighted by atomic mass is 9.93. The van der Waals surface area contributed by atoms with Gasteiger partial charge >= 0.3 is 0 Å². The zero-order valence-corrected chi connectivity index (χ0v) is 15.6. The zero-order chi connectivity index (χ0) is 17.9. The summed E-state index contributed by atoms with van der Waals surface area (Å²) in [5, 5.41) is 0. The predicted molar refractivity (Wildman–Crippen MR) is 104 cm³/mol. The van der Waals surface area contributed by atoms with Gasteiger partial charge in [-0.05, 0) is 18.1 Å². The molecule has 2 aromatic rings. The van der Waals surface area contributed by atoms with Crippen LogP contribution in [0.2, 0.25) is 0 Å². The quantitative estimate of drug-likeness (QED) is 0.522. The molecule has 2 nitrogen and oxygen atoms in total. The van der Waals surface area contributed by atoms with Crippen LogP contribution >= 0.6 is 0 Å². The second kappa shape index (κ2) is 10.9. The van der Waals surface area contributed by atoms with Crippen LogP contribution in [0.1, 0.15) is 31.9 Å². The first-order valence-electron chi connectivity index (χ1n) is 9.10. The maximum absolute atomic E-state index is 6.28. The summed E-state index contributed by atoms with van der Waals surface area (Å²) in [5.74, 6) is 0.669. The molecule has 0 N–H and O–H groups in total. The lowest BCUT2D eigenvalue weighted by Gasteiger charge is -2.28. The van der Waals surface area contributed by atoms with Gasteiger partial charge in [-0.1, -0.05) is 86.7 Å². The maximum atomic E-state index is 6.28. The van der Waals surface area contributed by atoms with Gasteiger partial charge in [-0.3, -0.25) is 0 Å². The zero-order valence-electron chi connectivity index (χ0n) is 15.6. The molecule has 0 heterocycles. The van der Waals surface area contributed by atoms with Crippen molar-refractivity contribution >= 4 is 0 Å². The average molecular weight is 338 g/mol. The molecule has 0 saturated heterocycles. The van der Waals surface area contributed by atoms with Crippen molar-refractivity contribution in [1.82, 2.24) is 0 Å². The predicted octanol–water partition coefficient (Wildman–Crippen LogP) is 5.64. The summed E-state index contributed by atoms with van der Waals surface area (Å²) in [5.41, 5.74) is 2.41. The van der Waals surface area contributed by atoms with E-state index in [2.05, 4.69) is 69.3 Å². The number of hydrogen-bond donors (Lipinski definition) is 0. The second-order valence-corrected chi connectivity index (χ2v) is 6.62. The van der Waals surface area contributed by atoms with E-state index in [-0.39, 0.29) is 6.10 Å². The maximum Gasteiger partial charge on any atom is 0.0721 e. The molecule has 2 heteroatoms. The lowest BCUT2D eigenvalue weighted by molar-refractivity contribution is -0.0454. The summed E-state index contributed by atoms with van der Waals surface area (Å²) in [6, 6.07) is 20.6. The van der Waals surface area contributed by atoms with E-state index in [9.17, 15) is 0 Å². The van der Waals surface area contributed by atoms with Crippen molar-refractivity contribution in [3.8, 4) is 0 Å². The molecule has 0 bridgehead atoms. The fraction of sp³-hybridized carbons (Fsp3) is 0.391. The van der Waals surface area contributed by atoms with Gasteiger partial charge < -0.3 is 9.47 Å². The van der Waals surface area contributed by atoms with Crippen LogP contribution in [0.25, 0.3) is 0 Å². The van der Waals surface area contributed by atoms with Gasteiger partial charge in [-0.15, -0.1) is 0 Å². The Morgan fingerprint density at radius 2 is 1.40 bits per heavy atom. The largest absolute Gasteiger partial charge is 0.376 e. The number of allylic oxidation sites excluding steroid dienone is 1. The van der Waals surface area contributed by atoms with Crippen molar-refractivity contribution in [3.05, 3.63) is 83.9 Å². The Morgan fingerprint density at radius 1 is 0.840 bits per heavy atom. The number of hydrogen-bond acceptors (Lipinski definition) is 2. The van der Waals surface area contributed by atoms with E-state index in [4.69, 9.17) is 9.47 Å². The van der Waals surface area contributed by atoms with Crippen LogP contribution in [-0.2, 0) is 22.7 Å². The van der Waals surface area contributed by atoms with Crippen molar-refractivity contribution < 1.29 is 9.47 Å². The van der Waals surface area contributed by atoms with Gasteiger partial charge in [-0.2, -0.15) is 0 Å². The summed E-state index contributed by atoms with van der Waals surface area (Å²) in [4.78, 5) is 0. The summed E-state index contributed by atoms with van der Waals surface area (Å²) in [6.07, 6.45) is 4.44. The van der Waals surface area contributed by atoms with Crippen molar-refractivity contribution in [2.45, 2.75) is 40.1 Å². The van der Waals surface area contributed by atoms with E-state index in [1.165, 1.54) is 11.1 Å². The molecule has 0 aliphatic heterocycles. The molecule has 25 heavy (non-hydrogen) atoms. The first kappa shape index (κ1) is 19.4.